The molecular weight excluding hydrogens is 691 g/mol. The molecule has 3 N–H and O–H groups in total. The molecule has 0 spiro atoms. The fraction of sp³-hybridized carbons (Fsp3) is 0.455. The van der Waals surface area contributed by atoms with E-state index in [0.29, 0.717) is 18.0 Å². The SMILES string of the molecule is Cc1nc(C)c(COc2ccc(CC(O)C(=O)NCCCCCCNc3c4c(nc5ccccc35)CCCC4)cc2OCc2nc(C)c(C)nc2C)nc1C. The Labute approximate surface area is 324 Å². The highest BCUT2D eigenvalue weighted by Crippen LogP contribution is 2.34. The van der Waals surface area contributed by atoms with E-state index in [1.807, 2.05) is 53.7 Å². The number of aliphatic hydroxyl groups is 1. The minimum Gasteiger partial charge on any atom is -0.483 e. The van der Waals surface area contributed by atoms with Crippen LogP contribution < -0.4 is 20.1 Å². The number of aromatic nitrogens is 5. The first kappa shape index (κ1) is 39.5. The molecule has 0 aliphatic heterocycles. The molecule has 0 saturated heterocycles. The predicted octanol–water partition coefficient (Wildman–Crippen LogP) is 7.39. The number of rotatable bonds is 17. The number of benzene rings is 2. The Morgan fingerprint density at radius 2 is 1.33 bits per heavy atom. The lowest BCUT2D eigenvalue weighted by Crippen LogP contribution is -2.36. The lowest BCUT2D eigenvalue weighted by molar-refractivity contribution is -0.129. The third kappa shape index (κ3) is 10.1. The van der Waals surface area contributed by atoms with Gasteiger partial charge in [0.05, 0.1) is 51.1 Å². The molecule has 3 heterocycles. The smallest absolute Gasteiger partial charge is 0.249 e. The molecule has 2 aromatic carbocycles. The van der Waals surface area contributed by atoms with E-state index in [9.17, 15) is 9.90 Å². The number of carbonyl (C=O) groups is 1. The minimum absolute atomic E-state index is 0.131. The molecule has 0 bridgehead atoms. The molecule has 1 aliphatic rings. The van der Waals surface area contributed by atoms with Crippen molar-refractivity contribution in [2.24, 2.45) is 0 Å². The lowest BCUT2D eigenvalue weighted by Gasteiger charge is -2.21. The van der Waals surface area contributed by atoms with Gasteiger partial charge in [-0.3, -0.25) is 29.7 Å². The fourth-order valence-electron chi connectivity index (χ4n) is 7.04. The number of unbranched alkanes of at least 4 members (excludes halogenated alkanes) is 3. The van der Waals surface area contributed by atoms with E-state index in [4.69, 9.17) is 14.5 Å². The van der Waals surface area contributed by atoms with Crippen molar-refractivity contribution < 1.29 is 19.4 Å². The second-order valence-corrected chi connectivity index (χ2v) is 14.7. The Morgan fingerprint density at radius 3 is 2.04 bits per heavy atom. The van der Waals surface area contributed by atoms with Crippen molar-refractivity contribution >= 4 is 22.5 Å². The molecule has 6 rings (SSSR count). The molecule has 55 heavy (non-hydrogen) atoms. The Hall–Kier alpha value is -5.16. The third-order valence-electron chi connectivity index (χ3n) is 10.5. The molecule has 11 nitrogen and oxygen atoms in total. The predicted molar refractivity (Wildman–Crippen MR) is 216 cm³/mol. The first-order valence-corrected chi connectivity index (χ1v) is 19.7. The summed E-state index contributed by atoms with van der Waals surface area (Å²) in [5, 5.41) is 18.7. The number of nitrogens with one attached hydrogen (secondary N) is 2. The average Bonchev–Trinajstić information content (AvgIpc) is 3.17. The zero-order valence-electron chi connectivity index (χ0n) is 33.2. The maximum absolute atomic E-state index is 12.9. The van der Waals surface area contributed by atoms with E-state index < -0.39 is 6.10 Å². The molecule has 1 unspecified atom stereocenters. The van der Waals surface area contributed by atoms with E-state index in [-0.39, 0.29) is 25.5 Å². The van der Waals surface area contributed by atoms with Crippen LogP contribution in [0.25, 0.3) is 10.9 Å². The van der Waals surface area contributed by atoms with Crippen molar-refractivity contribution in [3.8, 4) is 11.5 Å². The largest absolute Gasteiger partial charge is 0.483 e. The van der Waals surface area contributed by atoms with Gasteiger partial charge in [0, 0.05) is 36.3 Å². The molecule has 0 saturated carbocycles. The van der Waals surface area contributed by atoms with E-state index in [0.717, 1.165) is 102 Å². The highest BCUT2D eigenvalue weighted by atomic mass is 16.5. The number of para-hydroxylation sites is 1. The van der Waals surface area contributed by atoms with Gasteiger partial charge >= 0.3 is 0 Å². The Bertz CT molecular complexity index is 2140. The molecule has 1 amide bonds. The zero-order chi connectivity index (χ0) is 38.9. The minimum atomic E-state index is -1.20. The number of aliphatic hydroxyl groups excluding tert-OH is 1. The molecule has 290 valence electrons. The van der Waals surface area contributed by atoms with Crippen LogP contribution in [0.1, 0.15) is 101 Å². The summed E-state index contributed by atoms with van der Waals surface area (Å²) in [6, 6.07) is 13.9. The van der Waals surface area contributed by atoms with Crippen LogP contribution in [0.4, 0.5) is 5.69 Å². The number of aryl methyl sites for hydroxylation is 7. The maximum atomic E-state index is 12.9. The zero-order valence-corrected chi connectivity index (χ0v) is 33.2. The van der Waals surface area contributed by atoms with Gasteiger partial charge in [-0.1, -0.05) is 37.1 Å². The summed E-state index contributed by atoms with van der Waals surface area (Å²) in [7, 11) is 0. The molecule has 0 fully saturated rings. The third-order valence-corrected chi connectivity index (χ3v) is 10.5. The van der Waals surface area contributed by atoms with Crippen LogP contribution in [0.2, 0.25) is 0 Å². The lowest BCUT2D eigenvalue weighted by atomic mass is 9.92. The van der Waals surface area contributed by atoms with Gasteiger partial charge in [-0.15, -0.1) is 0 Å². The number of pyridine rings is 1. The summed E-state index contributed by atoms with van der Waals surface area (Å²) in [5.41, 5.74) is 12.2. The second kappa shape index (κ2) is 18.4. The first-order valence-electron chi connectivity index (χ1n) is 19.7. The van der Waals surface area contributed by atoms with Crippen LogP contribution in [0.5, 0.6) is 11.5 Å². The van der Waals surface area contributed by atoms with Crippen LogP contribution in [-0.2, 0) is 37.3 Å². The molecule has 11 heteroatoms. The number of nitrogens with zero attached hydrogens (tertiary/aromatic N) is 5. The van der Waals surface area contributed by atoms with Gasteiger partial charge in [0.2, 0.25) is 5.91 Å². The number of anilines is 1. The van der Waals surface area contributed by atoms with Gasteiger partial charge in [0.1, 0.15) is 19.3 Å². The van der Waals surface area contributed by atoms with E-state index >= 15 is 0 Å². The van der Waals surface area contributed by atoms with Gasteiger partial charge in [-0.05, 0) is 109 Å². The number of ether oxygens (including phenoxy) is 2. The topological polar surface area (TPSA) is 144 Å². The summed E-state index contributed by atoms with van der Waals surface area (Å²) in [6.45, 7) is 13.4. The number of hydrogen-bond acceptors (Lipinski definition) is 10. The van der Waals surface area contributed by atoms with Crippen LogP contribution in [0, 0.1) is 41.5 Å². The summed E-state index contributed by atoms with van der Waals surface area (Å²) >= 11 is 0. The first-order chi connectivity index (χ1) is 26.6. The number of hydrogen-bond donors (Lipinski definition) is 3. The Kier molecular flexibility index (Phi) is 13.3. The number of carbonyl (C=O) groups excluding carboxylic acids is 1. The van der Waals surface area contributed by atoms with Crippen molar-refractivity contribution in [2.75, 3.05) is 18.4 Å². The average molecular weight is 746 g/mol. The van der Waals surface area contributed by atoms with Gasteiger partial charge in [-0.2, -0.15) is 0 Å². The van der Waals surface area contributed by atoms with E-state index in [2.05, 4.69) is 54.8 Å². The second-order valence-electron chi connectivity index (χ2n) is 14.7. The number of amides is 1. The van der Waals surface area contributed by atoms with Crippen molar-refractivity contribution in [3.05, 3.63) is 105 Å². The van der Waals surface area contributed by atoms with Crippen LogP contribution in [0.3, 0.4) is 0 Å². The summed E-state index contributed by atoms with van der Waals surface area (Å²) in [4.78, 5) is 36.4. The van der Waals surface area contributed by atoms with E-state index in [1.54, 1.807) is 6.07 Å². The van der Waals surface area contributed by atoms with Gasteiger partial charge < -0.3 is 25.2 Å². The monoisotopic (exact) mass is 745 g/mol. The van der Waals surface area contributed by atoms with Crippen molar-refractivity contribution in [1.29, 1.82) is 0 Å². The van der Waals surface area contributed by atoms with Crippen molar-refractivity contribution in [2.45, 2.75) is 119 Å². The molecule has 1 atom stereocenters. The normalized spacial score (nSPS) is 13.0. The summed E-state index contributed by atoms with van der Waals surface area (Å²) in [6.07, 6.45) is 7.43. The fourth-order valence-corrected chi connectivity index (χ4v) is 7.04. The quantitative estimate of drug-likeness (QED) is 0.0824. The van der Waals surface area contributed by atoms with Crippen LogP contribution >= 0.6 is 0 Å². The summed E-state index contributed by atoms with van der Waals surface area (Å²) in [5.74, 6) is 0.606. The summed E-state index contributed by atoms with van der Waals surface area (Å²) < 4.78 is 12.5. The maximum Gasteiger partial charge on any atom is 0.249 e. The van der Waals surface area contributed by atoms with Crippen LogP contribution in [-0.4, -0.2) is 55.1 Å². The van der Waals surface area contributed by atoms with Gasteiger partial charge in [-0.25, -0.2) is 0 Å². The Balaban J connectivity index is 0.992. The Morgan fingerprint density at radius 1 is 0.709 bits per heavy atom. The highest BCUT2D eigenvalue weighted by Gasteiger charge is 2.20. The molecular formula is C44H55N7O4. The molecule has 3 aromatic heterocycles. The van der Waals surface area contributed by atoms with Gasteiger partial charge in [0.25, 0.3) is 0 Å². The molecule has 0 radical (unpaired) electrons. The molecule has 1 aliphatic carbocycles. The highest BCUT2D eigenvalue weighted by molar-refractivity contribution is 5.93. The standard InChI is InChI=1S/C44H55N7O4/c1-27-29(3)49-38(31(5)47-27)25-54-41-20-19-33(24-42(41)55-26-39-32(6)48-28(2)30(4)50-39)23-40(52)44(53)46-22-14-8-7-13-21-45-43-34-15-9-11-17-36(34)51-37-18-12-10-16-35(37)43/h9,11,15,17,19-20,24,40,52H,7-8,10,12-14,16,18,21-23,25-26H2,1-6H3,(H,45,51)(H,46,53). The van der Waals surface area contributed by atoms with Crippen molar-refractivity contribution in [1.82, 2.24) is 30.2 Å². The van der Waals surface area contributed by atoms with Crippen molar-refractivity contribution in [3.63, 3.8) is 0 Å². The van der Waals surface area contributed by atoms with E-state index in [1.165, 1.54) is 35.2 Å². The number of fused-ring (bicyclic) bond motifs is 2. The van der Waals surface area contributed by atoms with Crippen LogP contribution in [0.15, 0.2) is 42.5 Å². The molecule has 5 aromatic rings. The van der Waals surface area contributed by atoms with Gasteiger partial charge in [0.15, 0.2) is 11.5 Å².